The van der Waals surface area contributed by atoms with E-state index in [4.69, 9.17) is 28.4 Å². The van der Waals surface area contributed by atoms with Crippen LogP contribution in [0, 0.1) is 0 Å². The van der Waals surface area contributed by atoms with Crippen molar-refractivity contribution < 1.29 is 28.4 Å². The average Bonchev–Trinajstić information content (AvgIpc) is 1.09. The van der Waals surface area contributed by atoms with Gasteiger partial charge in [-0.25, -0.2) is 0 Å². The Morgan fingerprint density at radius 2 is 0.341 bits per heavy atom. The maximum atomic E-state index is 7.13. The molecule has 3 spiro atoms. The SMILES string of the molecule is c1cc2c3c(c1)Oc1cccc4c1N3c1c(cccc1C41c3cccc4c3B3c5c1cccc5C1(c5cccc(c53)C43c4cccc5c4N4c6c(cccc6Oc6cccc3c64)O5)c3cccc4c3N3c5c(cccc5Oc5cccc1c53)O4)O2. The molecule has 0 fully saturated rings. The van der Waals surface area contributed by atoms with E-state index in [-0.39, 0.29) is 6.71 Å². The van der Waals surface area contributed by atoms with Crippen LogP contribution in [-0.4, -0.2) is 6.71 Å². The number of hydrogen-bond donors (Lipinski definition) is 0. The van der Waals surface area contributed by atoms with Crippen molar-refractivity contribution >= 4 is 74.3 Å². The molecule has 0 saturated carbocycles. The summed E-state index contributed by atoms with van der Waals surface area (Å²) in [4.78, 5) is 7.36. The quantitative estimate of drug-likeness (QED) is 0.138. The van der Waals surface area contributed by atoms with E-state index in [1.165, 1.54) is 49.8 Å². The molecule has 0 atom stereocenters. The third-order valence-electron chi connectivity index (χ3n) is 21.2. The van der Waals surface area contributed by atoms with Crippen LogP contribution >= 0.6 is 0 Å². The minimum Gasteiger partial charge on any atom is -0.453 e. The normalized spacial score (nSPS) is 17.2. The predicted octanol–water partition coefficient (Wildman–Crippen LogP) is 16.3. The van der Waals surface area contributed by atoms with Gasteiger partial charge in [0.2, 0.25) is 6.71 Å². The summed E-state index contributed by atoms with van der Waals surface area (Å²) < 4.78 is 42.8. The third-order valence-corrected chi connectivity index (χ3v) is 21.2. The number of anilines is 9. The summed E-state index contributed by atoms with van der Waals surface area (Å²) in [6.45, 7) is -0.226. The fourth-order valence-corrected chi connectivity index (χ4v) is 18.8. The third kappa shape index (κ3) is 4.05. The van der Waals surface area contributed by atoms with E-state index in [0.717, 1.165) is 154 Å². The van der Waals surface area contributed by atoms with Crippen molar-refractivity contribution in [1.82, 2.24) is 0 Å². The number of ether oxygens (including phenoxy) is 6. The van der Waals surface area contributed by atoms with Gasteiger partial charge in [0.15, 0.2) is 69.0 Å². The van der Waals surface area contributed by atoms with Gasteiger partial charge in [-0.2, -0.15) is 0 Å². The van der Waals surface area contributed by atoms with Crippen LogP contribution in [0.4, 0.5) is 51.2 Å². The maximum Gasteiger partial charge on any atom is 0.243 e. The summed E-state index contributed by atoms with van der Waals surface area (Å²) in [5.41, 5.74) is 24.2. The highest BCUT2D eigenvalue weighted by molar-refractivity contribution is 6.98. The number of para-hydroxylation sites is 9. The van der Waals surface area contributed by atoms with Gasteiger partial charge in [0.05, 0.1) is 50.4 Å². The molecule has 85 heavy (non-hydrogen) atoms. The minimum atomic E-state index is -0.941. The van der Waals surface area contributed by atoms with Crippen LogP contribution in [0.2, 0.25) is 0 Å². The Kier molecular flexibility index (Phi) is 6.50. The van der Waals surface area contributed by atoms with Crippen LogP contribution in [0.15, 0.2) is 218 Å². The zero-order valence-corrected chi connectivity index (χ0v) is 44.7. The lowest BCUT2D eigenvalue weighted by Crippen LogP contribution is -2.73. The molecule has 0 saturated heterocycles. The first-order valence-electron chi connectivity index (χ1n) is 29.3. The standard InChI is InChI=1S/C75H36BN3O6/c1-13-37-61-38(14-1)74(45-21-6-27-51-66(45)78-67-46(74)22-7-28-52(67)83-58-34-11-33-57(82-51)71(58)78)40-16-3-18-42-63(40)76(61)62-39(73(37)43-19-4-25-49-64(43)77-65-44(73)20-5-26-50(65)81-56-32-10-31-55(80-49)70(56)77)15-2-17-41(62)75(42)47-23-8-29-53-68(47)79-69-48(75)24-9-30-54(69)85-60-36-12-35-59(84-53)72(60)79/h1-36H. The zero-order valence-electron chi connectivity index (χ0n) is 44.7. The average molecular weight is 1090 g/mol. The van der Waals surface area contributed by atoms with Crippen molar-refractivity contribution in [3.05, 3.63) is 285 Å². The Labute approximate surface area is 485 Å². The lowest BCUT2D eigenvalue weighted by atomic mass is 9.22. The lowest BCUT2D eigenvalue weighted by molar-refractivity contribution is 0.440. The summed E-state index contributed by atoms with van der Waals surface area (Å²) in [7, 11) is 0. The molecular formula is C75H36BN3O6. The molecule has 0 aromatic heterocycles. The van der Waals surface area contributed by atoms with Crippen LogP contribution in [0.3, 0.4) is 0 Å². The molecule has 0 bridgehead atoms. The fraction of sp³-hybridized carbons (Fsp3) is 0.0400. The second-order valence-electron chi connectivity index (χ2n) is 24.3. The summed E-state index contributed by atoms with van der Waals surface area (Å²) in [5.74, 6) is 9.42. The van der Waals surface area contributed by atoms with Gasteiger partial charge in [-0.15, -0.1) is 0 Å². The second-order valence-corrected chi connectivity index (χ2v) is 24.3. The lowest BCUT2D eigenvalue weighted by Gasteiger charge is -2.60. The van der Waals surface area contributed by atoms with Crippen LogP contribution < -0.4 is 59.5 Å². The van der Waals surface area contributed by atoms with Gasteiger partial charge in [0.1, 0.15) is 17.1 Å². The Morgan fingerprint density at radius 3 is 0.541 bits per heavy atom. The van der Waals surface area contributed by atoms with E-state index in [0.29, 0.717) is 0 Å². The van der Waals surface area contributed by atoms with E-state index in [9.17, 15) is 0 Å². The summed E-state index contributed by atoms with van der Waals surface area (Å²) in [5, 5.41) is 0. The van der Waals surface area contributed by atoms with Gasteiger partial charge in [0.25, 0.3) is 0 Å². The van der Waals surface area contributed by atoms with Gasteiger partial charge in [0, 0.05) is 0 Å². The smallest absolute Gasteiger partial charge is 0.243 e. The molecule has 0 N–H and O–H groups in total. The van der Waals surface area contributed by atoms with Crippen LogP contribution in [0.1, 0.15) is 66.8 Å². The Morgan fingerprint density at radius 1 is 0.188 bits per heavy atom. The van der Waals surface area contributed by atoms with E-state index < -0.39 is 16.2 Å². The van der Waals surface area contributed by atoms with Gasteiger partial charge in [-0.3, -0.25) is 14.7 Å². The van der Waals surface area contributed by atoms with Crippen molar-refractivity contribution in [2.75, 3.05) is 14.7 Å². The first-order valence-corrected chi connectivity index (χ1v) is 29.3. The van der Waals surface area contributed by atoms with Crippen molar-refractivity contribution in [1.29, 1.82) is 0 Å². The van der Waals surface area contributed by atoms with Gasteiger partial charge in [-0.1, -0.05) is 162 Å². The van der Waals surface area contributed by atoms with Crippen LogP contribution in [0.5, 0.6) is 69.0 Å². The summed E-state index contributed by atoms with van der Waals surface area (Å²) in [6.07, 6.45) is 0. The van der Waals surface area contributed by atoms with Crippen molar-refractivity contribution in [3.63, 3.8) is 0 Å². The Hall–Kier alpha value is -11.1. The Balaban J connectivity index is 0.929. The highest BCUT2D eigenvalue weighted by Gasteiger charge is 2.67. The van der Waals surface area contributed by atoms with E-state index in [2.05, 4.69) is 215 Å². The first kappa shape index (κ1) is 41.8. The van der Waals surface area contributed by atoms with Crippen molar-refractivity contribution in [2.45, 2.75) is 16.2 Å². The number of hydrogen-bond acceptors (Lipinski definition) is 9. The molecular weight excluding hydrogens is 1050 g/mol. The van der Waals surface area contributed by atoms with Crippen LogP contribution in [0.25, 0.3) is 0 Å². The predicted molar refractivity (Wildman–Crippen MR) is 325 cm³/mol. The molecule has 12 aliphatic rings. The van der Waals surface area contributed by atoms with E-state index >= 15 is 0 Å². The first-order chi connectivity index (χ1) is 42.2. The molecule has 0 aliphatic carbocycles. The molecule has 0 amide bonds. The molecule has 0 radical (unpaired) electrons. The highest BCUT2D eigenvalue weighted by atomic mass is 16.5. The van der Waals surface area contributed by atoms with E-state index in [1.807, 2.05) is 18.2 Å². The molecule has 0 unspecified atom stereocenters. The molecule has 12 aliphatic heterocycles. The maximum absolute atomic E-state index is 7.13. The number of nitrogens with zero attached hydrogens (tertiary/aromatic N) is 3. The van der Waals surface area contributed by atoms with Crippen LogP contribution in [-0.2, 0) is 16.2 Å². The van der Waals surface area contributed by atoms with Gasteiger partial charge in [-0.05, 0) is 140 Å². The molecule has 9 nitrogen and oxygen atoms in total. The molecule has 24 rings (SSSR count). The van der Waals surface area contributed by atoms with E-state index in [1.54, 1.807) is 0 Å². The molecule has 12 heterocycles. The molecule has 12 aromatic carbocycles. The minimum absolute atomic E-state index is 0.226. The van der Waals surface area contributed by atoms with Crippen molar-refractivity contribution in [2.24, 2.45) is 0 Å². The number of fused-ring (bicyclic) bond motifs is 12. The number of benzene rings is 12. The molecule has 10 heteroatoms. The molecule has 390 valence electrons. The monoisotopic (exact) mass is 1090 g/mol. The van der Waals surface area contributed by atoms with Gasteiger partial charge < -0.3 is 28.4 Å². The fourth-order valence-electron chi connectivity index (χ4n) is 18.8. The Bertz CT molecular complexity index is 4590. The number of rotatable bonds is 0. The highest BCUT2D eigenvalue weighted by Crippen LogP contribution is 2.74. The largest absolute Gasteiger partial charge is 0.453 e. The summed E-state index contributed by atoms with van der Waals surface area (Å²) in [6, 6.07) is 80.5. The second kappa shape index (κ2) is 13.2. The topological polar surface area (TPSA) is 65.1 Å². The zero-order chi connectivity index (χ0) is 54.3. The van der Waals surface area contributed by atoms with Gasteiger partial charge >= 0.3 is 0 Å². The van der Waals surface area contributed by atoms with Crippen molar-refractivity contribution in [3.8, 4) is 69.0 Å². The molecule has 12 aromatic rings. The summed E-state index contributed by atoms with van der Waals surface area (Å²) >= 11 is 0.